The van der Waals surface area contributed by atoms with Gasteiger partial charge in [0.05, 0.1) is 0 Å². The van der Waals surface area contributed by atoms with Gasteiger partial charge in [-0.2, -0.15) is 0 Å². The lowest BCUT2D eigenvalue weighted by Gasteiger charge is -2.02. The first-order valence-electron chi connectivity index (χ1n) is 5.31. The van der Waals surface area contributed by atoms with Gasteiger partial charge in [-0.25, -0.2) is 0 Å². The number of hydrogen-bond donors (Lipinski definition) is 0. The quantitative estimate of drug-likeness (QED) is 0.688. The maximum absolute atomic E-state index is 10.7. The van der Waals surface area contributed by atoms with Crippen LogP contribution in [-0.2, 0) is 6.42 Å². The number of rotatable bonds is 3. The Balaban J connectivity index is 2.52. The minimum atomic E-state index is 0.746. The van der Waals surface area contributed by atoms with E-state index in [1.165, 1.54) is 10.9 Å². The Hall–Kier alpha value is -1.63. The molecule has 1 heteroatoms. The van der Waals surface area contributed by atoms with Crippen LogP contribution < -0.4 is 0 Å². The van der Waals surface area contributed by atoms with E-state index in [9.17, 15) is 4.79 Å². The van der Waals surface area contributed by atoms with Gasteiger partial charge in [-0.1, -0.05) is 43.7 Å². The molecule has 0 spiro atoms. The molecular formula is C14H14O. The predicted molar refractivity (Wildman–Crippen MR) is 63.3 cm³/mol. The summed E-state index contributed by atoms with van der Waals surface area (Å²) < 4.78 is 0. The van der Waals surface area contributed by atoms with Gasteiger partial charge in [0.1, 0.15) is 6.29 Å². The zero-order chi connectivity index (χ0) is 10.7. The second-order valence-electron chi connectivity index (χ2n) is 3.81. The summed E-state index contributed by atoms with van der Waals surface area (Å²) in [5.74, 6) is 0. The molecule has 0 unspecified atom stereocenters. The molecule has 2 rings (SSSR count). The number of carbonyl (C=O) groups excluding carboxylic acids is 1. The Bertz CT molecular complexity index is 486. The highest BCUT2D eigenvalue weighted by atomic mass is 16.1. The molecule has 0 amide bonds. The van der Waals surface area contributed by atoms with Gasteiger partial charge in [0, 0.05) is 5.56 Å². The highest BCUT2D eigenvalue weighted by Crippen LogP contribution is 2.18. The molecular weight excluding hydrogens is 184 g/mol. The van der Waals surface area contributed by atoms with Crippen LogP contribution in [0, 0.1) is 0 Å². The highest BCUT2D eigenvalue weighted by Gasteiger charge is 1.97. The second-order valence-corrected chi connectivity index (χ2v) is 3.81. The van der Waals surface area contributed by atoms with Crippen molar-refractivity contribution in [1.82, 2.24) is 0 Å². The number of carbonyl (C=O) groups is 1. The summed E-state index contributed by atoms with van der Waals surface area (Å²) in [7, 11) is 0. The minimum Gasteiger partial charge on any atom is -0.298 e. The molecule has 0 heterocycles. The van der Waals surface area contributed by atoms with Crippen molar-refractivity contribution in [3.05, 3.63) is 47.5 Å². The smallest absolute Gasteiger partial charge is 0.150 e. The number of benzene rings is 2. The van der Waals surface area contributed by atoms with Crippen LogP contribution in [-0.4, -0.2) is 6.29 Å². The summed E-state index contributed by atoms with van der Waals surface area (Å²) in [5.41, 5.74) is 2.09. The van der Waals surface area contributed by atoms with E-state index < -0.39 is 0 Å². The Morgan fingerprint density at radius 3 is 2.60 bits per heavy atom. The fourth-order valence-electron chi connectivity index (χ4n) is 1.83. The van der Waals surface area contributed by atoms with Crippen LogP contribution in [0.25, 0.3) is 10.8 Å². The lowest BCUT2D eigenvalue weighted by atomic mass is 10.0. The number of aryl methyl sites for hydroxylation is 1. The van der Waals surface area contributed by atoms with E-state index in [1.807, 2.05) is 18.2 Å². The molecule has 0 saturated heterocycles. The Morgan fingerprint density at radius 2 is 1.87 bits per heavy atom. The van der Waals surface area contributed by atoms with E-state index in [-0.39, 0.29) is 0 Å². The molecule has 2 aromatic carbocycles. The molecule has 1 nitrogen and oxygen atoms in total. The highest BCUT2D eigenvalue weighted by molar-refractivity contribution is 5.89. The van der Waals surface area contributed by atoms with Gasteiger partial charge in [0.2, 0.25) is 0 Å². The normalized spacial score (nSPS) is 10.5. The van der Waals surface area contributed by atoms with Crippen molar-refractivity contribution in [3.63, 3.8) is 0 Å². The Kier molecular flexibility index (Phi) is 2.82. The monoisotopic (exact) mass is 198 g/mol. The molecule has 0 aliphatic rings. The van der Waals surface area contributed by atoms with Crippen LogP contribution in [0.1, 0.15) is 29.3 Å². The fraction of sp³-hybridized carbons (Fsp3) is 0.214. The molecule has 0 radical (unpaired) electrons. The SMILES string of the molecule is CCCc1ccc2ccc(C=O)cc2c1. The fourth-order valence-corrected chi connectivity index (χ4v) is 1.83. The van der Waals surface area contributed by atoms with Crippen molar-refractivity contribution in [2.24, 2.45) is 0 Å². The zero-order valence-corrected chi connectivity index (χ0v) is 8.86. The second kappa shape index (κ2) is 4.26. The van der Waals surface area contributed by atoms with Crippen LogP contribution in [0.3, 0.4) is 0 Å². The number of aldehydes is 1. The van der Waals surface area contributed by atoms with E-state index in [4.69, 9.17) is 0 Å². The Labute approximate surface area is 89.7 Å². The average Bonchev–Trinajstić information content (AvgIpc) is 2.28. The minimum absolute atomic E-state index is 0.746. The van der Waals surface area contributed by atoms with Crippen molar-refractivity contribution < 1.29 is 4.79 Å². The molecule has 2 aromatic rings. The molecule has 0 saturated carbocycles. The van der Waals surface area contributed by atoms with Gasteiger partial charge in [-0.15, -0.1) is 0 Å². The van der Waals surface area contributed by atoms with E-state index in [0.29, 0.717) is 0 Å². The topological polar surface area (TPSA) is 17.1 Å². The van der Waals surface area contributed by atoms with E-state index >= 15 is 0 Å². The maximum atomic E-state index is 10.7. The first-order chi connectivity index (χ1) is 7.33. The molecule has 0 aliphatic heterocycles. The summed E-state index contributed by atoms with van der Waals surface area (Å²) in [6, 6.07) is 12.2. The van der Waals surface area contributed by atoms with E-state index in [0.717, 1.165) is 30.1 Å². The van der Waals surface area contributed by atoms with Crippen LogP contribution in [0.5, 0.6) is 0 Å². The van der Waals surface area contributed by atoms with Crippen LogP contribution in [0.4, 0.5) is 0 Å². The number of hydrogen-bond acceptors (Lipinski definition) is 1. The number of fused-ring (bicyclic) bond motifs is 1. The summed E-state index contributed by atoms with van der Waals surface area (Å²) >= 11 is 0. The van der Waals surface area contributed by atoms with Crippen molar-refractivity contribution in [2.75, 3.05) is 0 Å². The largest absolute Gasteiger partial charge is 0.298 e. The van der Waals surface area contributed by atoms with Crippen molar-refractivity contribution in [3.8, 4) is 0 Å². The summed E-state index contributed by atoms with van der Waals surface area (Å²) in [4.78, 5) is 10.7. The zero-order valence-electron chi connectivity index (χ0n) is 8.86. The summed E-state index contributed by atoms with van der Waals surface area (Å²) in [6.07, 6.45) is 3.14. The van der Waals surface area contributed by atoms with E-state index in [1.54, 1.807) is 0 Å². The molecule has 0 fully saturated rings. The molecule has 0 aromatic heterocycles. The van der Waals surface area contributed by atoms with Crippen LogP contribution in [0.2, 0.25) is 0 Å². The predicted octanol–water partition coefficient (Wildman–Crippen LogP) is 3.60. The maximum Gasteiger partial charge on any atom is 0.150 e. The van der Waals surface area contributed by atoms with Gasteiger partial charge in [-0.05, 0) is 28.8 Å². The van der Waals surface area contributed by atoms with Gasteiger partial charge >= 0.3 is 0 Å². The molecule has 0 atom stereocenters. The third kappa shape index (κ3) is 2.07. The van der Waals surface area contributed by atoms with Crippen molar-refractivity contribution >= 4 is 17.1 Å². The Morgan fingerprint density at radius 1 is 1.07 bits per heavy atom. The molecule has 0 aliphatic carbocycles. The third-order valence-electron chi connectivity index (χ3n) is 2.60. The standard InChI is InChI=1S/C14H14O/c1-2-3-11-4-6-13-7-5-12(10-15)9-14(13)8-11/h4-10H,2-3H2,1H3. The van der Waals surface area contributed by atoms with Crippen molar-refractivity contribution in [2.45, 2.75) is 19.8 Å². The summed E-state index contributed by atoms with van der Waals surface area (Å²) in [5, 5.41) is 2.35. The lowest BCUT2D eigenvalue weighted by Crippen LogP contribution is -1.85. The van der Waals surface area contributed by atoms with Crippen molar-refractivity contribution in [1.29, 1.82) is 0 Å². The lowest BCUT2D eigenvalue weighted by molar-refractivity contribution is 0.112. The summed E-state index contributed by atoms with van der Waals surface area (Å²) in [6.45, 7) is 2.17. The average molecular weight is 198 g/mol. The third-order valence-corrected chi connectivity index (χ3v) is 2.60. The molecule has 15 heavy (non-hydrogen) atoms. The molecule has 0 N–H and O–H groups in total. The van der Waals surface area contributed by atoms with Crippen LogP contribution >= 0.6 is 0 Å². The van der Waals surface area contributed by atoms with Gasteiger partial charge in [-0.3, -0.25) is 4.79 Å². The van der Waals surface area contributed by atoms with Gasteiger partial charge in [0.25, 0.3) is 0 Å². The first-order valence-corrected chi connectivity index (χ1v) is 5.31. The molecule has 76 valence electrons. The molecule has 0 bridgehead atoms. The van der Waals surface area contributed by atoms with Crippen LogP contribution in [0.15, 0.2) is 36.4 Å². The van der Waals surface area contributed by atoms with Gasteiger partial charge < -0.3 is 0 Å². The van der Waals surface area contributed by atoms with E-state index in [2.05, 4.69) is 25.1 Å². The van der Waals surface area contributed by atoms with Gasteiger partial charge in [0.15, 0.2) is 0 Å². The first kappa shape index (κ1) is 9.91.